The van der Waals surface area contributed by atoms with Crippen LogP contribution in [-0.4, -0.2) is 16.4 Å². The average molecular weight is 179 g/mol. The maximum absolute atomic E-state index is 5.08. The molecule has 1 aliphatic carbocycles. The van der Waals surface area contributed by atoms with Crippen LogP contribution in [-0.2, 0) is 10.3 Å². The van der Waals surface area contributed by atoms with E-state index in [2.05, 4.69) is 11.7 Å². The molecular weight excluding hydrogens is 166 g/mol. The van der Waals surface area contributed by atoms with Crippen LogP contribution >= 0.6 is 0 Å². The van der Waals surface area contributed by atoms with Crippen LogP contribution in [0.1, 0.15) is 18.4 Å². The van der Waals surface area contributed by atoms with Gasteiger partial charge >= 0.3 is 0 Å². The second kappa shape index (κ2) is 2.97. The Morgan fingerprint density at radius 3 is 3.00 bits per heavy atom. The Balaban J connectivity index is 2.20. The molecule has 0 radical (unpaired) electrons. The Morgan fingerprint density at radius 1 is 1.77 bits per heavy atom. The van der Waals surface area contributed by atoms with Gasteiger partial charge in [-0.1, -0.05) is 6.58 Å². The highest BCUT2D eigenvalue weighted by molar-refractivity contribution is 5.30. The van der Waals surface area contributed by atoms with Gasteiger partial charge in [-0.15, -0.1) is 0 Å². The lowest BCUT2D eigenvalue weighted by Gasteiger charge is -2.09. The smallest absolute Gasteiger partial charge is 0.0777 e. The molecule has 0 aromatic carbocycles. The van der Waals surface area contributed by atoms with Gasteiger partial charge in [-0.05, 0) is 18.4 Å². The van der Waals surface area contributed by atoms with E-state index < -0.39 is 0 Å². The van der Waals surface area contributed by atoms with Gasteiger partial charge < -0.3 is 4.84 Å². The molecule has 1 heterocycles. The Kier molecular flexibility index (Phi) is 1.94. The normalized spacial score (nSPS) is 18.5. The van der Waals surface area contributed by atoms with Crippen molar-refractivity contribution in [3.63, 3.8) is 0 Å². The van der Waals surface area contributed by atoms with Crippen molar-refractivity contribution in [2.24, 2.45) is 5.90 Å². The molecule has 0 amide bonds. The van der Waals surface area contributed by atoms with Crippen LogP contribution in [0.4, 0.5) is 0 Å². The lowest BCUT2D eigenvalue weighted by Crippen LogP contribution is -2.17. The molecule has 1 aromatic heterocycles. The molecule has 4 nitrogen and oxygen atoms in total. The third-order valence-corrected chi connectivity index (χ3v) is 2.61. The first-order chi connectivity index (χ1) is 6.30. The number of nitrogens with two attached hydrogens (primary N) is 1. The number of nitrogens with zero attached hydrogens (tertiary/aromatic N) is 2. The van der Waals surface area contributed by atoms with E-state index in [-0.39, 0.29) is 5.41 Å². The van der Waals surface area contributed by atoms with Gasteiger partial charge in [0, 0.05) is 17.8 Å². The van der Waals surface area contributed by atoms with Gasteiger partial charge in [0.25, 0.3) is 0 Å². The lowest BCUT2D eigenvalue weighted by atomic mass is 10.0. The van der Waals surface area contributed by atoms with Crippen molar-refractivity contribution in [1.29, 1.82) is 0 Å². The number of hydrogen-bond donors (Lipinski definition) is 1. The van der Waals surface area contributed by atoms with Gasteiger partial charge in [0.2, 0.25) is 0 Å². The molecule has 1 saturated carbocycles. The van der Waals surface area contributed by atoms with E-state index in [1.54, 1.807) is 10.9 Å². The molecule has 13 heavy (non-hydrogen) atoms. The quantitative estimate of drug-likeness (QED) is 0.699. The van der Waals surface area contributed by atoms with Crippen LogP contribution in [0.15, 0.2) is 19.0 Å². The highest BCUT2D eigenvalue weighted by Crippen LogP contribution is 2.47. The first kappa shape index (κ1) is 8.47. The maximum Gasteiger partial charge on any atom is 0.0777 e. The molecule has 2 rings (SSSR count). The van der Waals surface area contributed by atoms with Gasteiger partial charge in [0.15, 0.2) is 0 Å². The summed E-state index contributed by atoms with van der Waals surface area (Å²) in [6.07, 6.45) is 7.76. The molecule has 0 bridgehead atoms. The van der Waals surface area contributed by atoms with E-state index in [4.69, 9.17) is 10.7 Å². The Hall–Kier alpha value is -1.13. The van der Waals surface area contributed by atoms with Crippen molar-refractivity contribution in [1.82, 2.24) is 9.78 Å². The van der Waals surface area contributed by atoms with Crippen LogP contribution in [0, 0.1) is 0 Å². The summed E-state index contributed by atoms with van der Waals surface area (Å²) in [4.78, 5) is 4.70. The van der Waals surface area contributed by atoms with Crippen molar-refractivity contribution in [2.75, 3.05) is 6.61 Å². The number of hydrogen-bond acceptors (Lipinski definition) is 3. The second-order valence-electron chi connectivity index (χ2n) is 3.48. The summed E-state index contributed by atoms with van der Waals surface area (Å²) >= 11 is 0. The summed E-state index contributed by atoms with van der Waals surface area (Å²) in [5.41, 5.74) is 1.33. The minimum Gasteiger partial charge on any atom is -0.304 e. The summed E-state index contributed by atoms with van der Waals surface area (Å²) in [6.45, 7) is 4.22. The van der Waals surface area contributed by atoms with E-state index in [0.717, 1.165) is 12.8 Å². The van der Waals surface area contributed by atoms with Crippen molar-refractivity contribution >= 4 is 6.20 Å². The molecule has 0 spiro atoms. The monoisotopic (exact) mass is 179 g/mol. The lowest BCUT2D eigenvalue weighted by molar-refractivity contribution is 0.116. The first-order valence-corrected chi connectivity index (χ1v) is 4.30. The fraction of sp³-hybridized carbons (Fsp3) is 0.444. The standard InChI is InChI=1S/C9H13N3O/c1-2-12-6-8(5-11-12)9(3-4-9)7-13-10/h2,5-6H,1,3-4,7,10H2. The van der Waals surface area contributed by atoms with Gasteiger partial charge in [-0.25, -0.2) is 10.6 Å². The molecule has 0 saturated heterocycles. The van der Waals surface area contributed by atoms with Crippen molar-refractivity contribution in [3.8, 4) is 0 Å². The molecule has 2 N–H and O–H groups in total. The van der Waals surface area contributed by atoms with E-state index in [1.807, 2.05) is 12.4 Å². The van der Waals surface area contributed by atoms with Crippen molar-refractivity contribution < 1.29 is 4.84 Å². The van der Waals surface area contributed by atoms with Crippen molar-refractivity contribution in [3.05, 3.63) is 24.5 Å². The van der Waals surface area contributed by atoms with Crippen LogP contribution in [0.3, 0.4) is 0 Å². The van der Waals surface area contributed by atoms with E-state index >= 15 is 0 Å². The average Bonchev–Trinajstić information content (AvgIpc) is 2.78. The summed E-state index contributed by atoms with van der Waals surface area (Å²) in [5.74, 6) is 5.08. The highest BCUT2D eigenvalue weighted by Gasteiger charge is 2.45. The SMILES string of the molecule is C=Cn1cc(C2(CON)CC2)cn1. The fourth-order valence-electron chi connectivity index (χ4n) is 1.54. The summed E-state index contributed by atoms with van der Waals surface area (Å²) in [7, 11) is 0. The minimum absolute atomic E-state index is 0.135. The minimum atomic E-state index is 0.135. The van der Waals surface area contributed by atoms with Gasteiger partial charge in [0.1, 0.15) is 0 Å². The van der Waals surface area contributed by atoms with E-state index in [0.29, 0.717) is 6.61 Å². The maximum atomic E-state index is 5.08. The Labute approximate surface area is 76.9 Å². The second-order valence-corrected chi connectivity index (χ2v) is 3.48. The van der Waals surface area contributed by atoms with Gasteiger partial charge in [-0.2, -0.15) is 5.10 Å². The Morgan fingerprint density at radius 2 is 2.54 bits per heavy atom. The van der Waals surface area contributed by atoms with Crippen LogP contribution < -0.4 is 5.90 Å². The van der Waals surface area contributed by atoms with Gasteiger partial charge in [-0.3, -0.25) is 0 Å². The molecule has 0 aliphatic heterocycles. The van der Waals surface area contributed by atoms with Gasteiger partial charge in [0.05, 0.1) is 12.8 Å². The summed E-state index contributed by atoms with van der Waals surface area (Å²) in [6, 6.07) is 0. The zero-order valence-corrected chi connectivity index (χ0v) is 7.44. The first-order valence-electron chi connectivity index (χ1n) is 4.30. The molecule has 70 valence electrons. The predicted molar refractivity (Wildman–Crippen MR) is 49.7 cm³/mol. The highest BCUT2D eigenvalue weighted by atomic mass is 16.6. The molecule has 1 fully saturated rings. The predicted octanol–water partition coefficient (Wildman–Crippen LogP) is 0.906. The number of rotatable bonds is 4. The summed E-state index contributed by atoms with van der Waals surface area (Å²) in [5, 5.41) is 4.13. The third-order valence-electron chi connectivity index (χ3n) is 2.61. The third kappa shape index (κ3) is 1.38. The molecular formula is C9H13N3O. The molecule has 0 atom stereocenters. The number of aromatic nitrogens is 2. The summed E-state index contributed by atoms with van der Waals surface area (Å²) < 4.78 is 1.70. The molecule has 1 aliphatic rings. The van der Waals surface area contributed by atoms with Crippen LogP contribution in [0.5, 0.6) is 0 Å². The molecule has 4 heteroatoms. The zero-order valence-electron chi connectivity index (χ0n) is 7.44. The zero-order chi connectivity index (χ0) is 9.31. The topological polar surface area (TPSA) is 53.1 Å². The van der Waals surface area contributed by atoms with Crippen LogP contribution in [0.2, 0.25) is 0 Å². The molecule has 0 unspecified atom stereocenters. The van der Waals surface area contributed by atoms with Crippen LogP contribution in [0.25, 0.3) is 6.20 Å². The molecule has 1 aromatic rings. The van der Waals surface area contributed by atoms with E-state index in [1.165, 1.54) is 5.56 Å². The fourth-order valence-corrected chi connectivity index (χ4v) is 1.54. The Bertz CT molecular complexity index is 314. The van der Waals surface area contributed by atoms with Crippen molar-refractivity contribution in [2.45, 2.75) is 18.3 Å². The largest absolute Gasteiger partial charge is 0.304 e. The van der Waals surface area contributed by atoms with E-state index in [9.17, 15) is 0 Å².